The summed E-state index contributed by atoms with van der Waals surface area (Å²) in [5.74, 6) is -1.70. The first-order valence-electron chi connectivity index (χ1n) is 15.9. The lowest BCUT2D eigenvalue weighted by Gasteiger charge is -2.42. The van der Waals surface area contributed by atoms with Gasteiger partial charge in [-0.1, -0.05) is 23.7 Å². The molecule has 0 bridgehead atoms. The molecule has 2 fully saturated rings. The summed E-state index contributed by atoms with van der Waals surface area (Å²) < 4.78 is 53.9. The van der Waals surface area contributed by atoms with E-state index in [1.165, 1.54) is 11.0 Å². The maximum absolute atomic E-state index is 14.9. The van der Waals surface area contributed by atoms with E-state index in [-0.39, 0.29) is 25.0 Å². The predicted molar refractivity (Wildman–Crippen MR) is 170 cm³/mol. The van der Waals surface area contributed by atoms with Gasteiger partial charge in [0.2, 0.25) is 0 Å². The molecule has 1 unspecified atom stereocenters. The highest BCUT2D eigenvalue weighted by molar-refractivity contribution is 6.30. The molecule has 11 heteroatoms. The van der Waals surface area contributed by atoms with Crippen LogP contribution in [0.3, 0.4) is 0 Å². The van der Waals surface area contributed by atoms with Crippen LogP contribution in [-0.2, 0) is 4.79 Å². The van der Waals surface area contributed by atoms with Crippen LogP contribution in [-0.4, -0.2) is 102 Å². The molecule has 2 aromatic rings. The molecule has 0 spiro atoms. The van der Waals surface area contributed by atoms with Gasteiger partial charge in [0.15, 0.2) is 0 Å². The van der Waals surface area contributed by atoms with Gasteiger partial charge >= 0.3 is 12.1 Å². The number of hydrogen-bond donors (Lipinski definition) is 1. The summed E-state index contributed by atoms with van der Waals surface area (Å²) in [6.45, 7) is 11.7. The van der Waals surface area contributed by atoms with E-state index < -0.39 is 30.5 Å². The third kappa shape index (κ3) is 8.98. The van der Waals surface area contributed by atoms with Gasteiger partial charge in [0.05, 0.1) is 6.54 Å². The summed E-state index contributed by atoms with van der Waals surface area (Å²) in [5.41, 5.74) is 3.76. The first kappa shape index (κ1) is 35.6. The van der Waals surface area contributed by atoms with E-state index in [1.54, 1.807) is 20.0 Å². The second-order valence-electron chi connectivity index (χ2n) is 13.0. The minimum atomic E-state index is -4.28. The van der Waals surface area contributed by atoms with Crippen LogP contribution in [0, 0.1) is 19.7 Å². The predicted octanol–water partition coefficient (Wildman–Crippen LogP) is 7.05. The average Bonchev–Trinajstić information content (AvgIpc) is 2.97. The fourth-order valence-corrected chi connectivity index (χ4v) is 7.40. The third-order valence-electron chi connectivity index (χ3n) is 9.73. The fraction of sp³-hybridized carbons (Fsp3) is 0.618. The molecule has 0 radical (unpaired) electrons. The highest BCUT2D eigenvalue weighted by atomic mass is 35.5. The van der Waals surface area contributed by atoms with Crippen LogP contribution < -0.4 is 0 Å². The summed E-state index contributed by atoms with van der Waals surface area (Å²) in [7, 11) is 1.78. The zero-order valence-corrected chi connectivity index (χ0v) is 27.8. The molecular weight excluding hydrogens is 608 g/mol. The molecule has 2 aliphatic heterocycles. The molecule has 250 valence electrons. The number of alkyl halides is 3. The van der Waals surface area contributed by atoms with Crippen LogP contribution in [0.4, 0.5) is 17.6 Å². The molecule has 2 aromatic carbocycles. The van der Waals surface area contributed by atoms with Crippen molar-refractivity contribution in [2.45, 2.75) is 77.2 Å². The number of benzene rings is 2. The minimum absolute atomic E-state index is 0.0299. The Kier molecular flexibility index (Phi) is 12.0. The van der Waals surface area contributed by atoms with Crippen LogP contribution >= 0.6 is 11.6 Å². The lowest BCUT2D eigenvalue weighted by molar-refractivity contribution is -0.148. The summed E-state index contributed by atoms with van der Waals surface area (Å²) >= 11 is 6.45. The molecule has 2 aliphatic rings. The maximum Gasteiger partial charge on any atom is 0.401 e. The molecule has 2 heterocycles. The van der Waals surface area contributed by atoms with E-state index in [4.69, 9.17) is 11.6 Å². The van der Waals surface area contributed by atoms with Gasteiger partial charge in [-0.25, -0.2) is 4.39 Å². The van der Waals surface area contributed by atoms with Crippen molar-refractivity contribution in [2.75, 3.05) is 59.4 Å². The normalized spacial score (nSPS) is 19.4. The molecule has 2 saturated heterocycles. The number of piperazine rings is 1. The number of hydrogen-bond acceptors (Lipinski definition) is 5. The number of nitrogens with zero attached hydrogens (tertiary/aromatic N) is 4. The number of halogens is 5. The van der Waals surface area contributed by atoms with Gasteiger partial charge in [-0.05, 0) is 119 Å². The van der Waals surface area contributed by atoms with Gasteiger partial charge in [0, 0.05) is 49.8 Å². The van der Waals surface area contributed by atoms with Crippen molar-refractivity contribution in [1.29, 1.82) is 0 Å². The Hall–Kier alpha value is -2.24. The zero-order valence-electron chi connectivity index (χ0n) is 27.0. The van der Waals surface area contributed by atoms with Gasteiger partial charge in [0.1, 0.15) is 11.9 Å². The lowest BCUT2D eigenvalue weighted by Crippen LogP contribution is -2.50. The number of piperidine rings is 1. The number of likely N-dealkylation sites (N-methyl/N-ethyl adjacent to an activating group) is 1. The van der Waals surface area contributed by atoms with Crippen molar-refractivity contribution in [3.8, 4) is 0 Å². The Morgan fingerprint density at radius 3 is 2.20 bits per heavy atom. The van der Waals surface area contributed by atoms with Crippen molar-refractivity contribution in [3.05, 3.63) is 69.0 Å². The topological polar surface area (TPSA) is 50.3 Å². The van der Waals surface area contributed by atoms with E-state index in [1.807, 2.05) is 23.1 Å². The summed E-state index contributed by atoms with van der Waals surface area (Å²) in [4.78, 5) is 21.0. The summed E-state index contributed by atoms with van der Waals surface area (Å²) in [6.07, 6.45) is -2.81. The van der Waals surface area contributed by atoms with Gasteiger partial charge in [0.25, 0.3) is 0 Å². The van der Waals surface area contributed by atoms with Crippen LogP contribution in [0.1, 0.15) is 78.9 Å². The second kappa shape index (κ2) is 15.1. The molecule has 6 nitrogen and oxygen atoms in total. The molecule has 4 rings (SSSR count). The maximum atomic E-state index is 14.9. The smallest absolute Gasteiger partial charge is 0.401 e. The Labute approximate surface area is 269 Å². The summed E-state index contributed by atoms with van der Waals surface area (Å²) in [6, 6.07) is 8.23. The zero-order chi connectivity index (χ0) is 33.1. The van der Waals surface area contributed by atoms with Gasteiger partial charge in [-0.2, -0.15) is 13.2 Å². The van der Waals surface area contributed by atoms with Gasteiger partial charge in [-0.15, -0.1) is 0 Å². The first-order chi connectivity index (χ1) is 21.2. The molecule has 45 heavy (non-hydrogen) atoms. The highest BCUT2D eigenvalue weighted by Gasteiger charge is 2.36. The lowest BCUT2D eigenvalue weighted by atomic mass is 9.81. The van der Waals surface area contributed by atoms with Crippen molar-refractivity contribution in [2.24, 2.45) is 0 Å². The van der Waals surface area contributed by atoms with Crippen LogP contribution in [0.2, 0.25) is 5.02 Å². The van der Waals surface area contributed by atoms with Crippen LogP contribution in [0.5, 0.6) is 0 Å². The van der Waals surface area contributed by atoms with E-state index in [9.17, 15) is 27.5 Å². The van der Waals surface area contributed by atoms with Gasteiger partial charge in [-0.3, -0.25) is 24.4 Å². The number of aryl methyl sites for hydroxylation is 1. The van der Waals surface area contributed by atoms with Crippen molar-refractivity contribution in [1.82, 2.24) is 19.6 Å². The largest absolute Gasteiger partial charge is 0.480 e. The van der Waals surface area contributed by atoms with E-state index in [2.05, 4.69) is 30.6 Å². The van der Waals surface area contributed by atoms with Gasteiger partial charge < -0.3 is 5.11 Å². The van der Waals surface area contributed by atoms with E-state index >= 15 is 0 Å². The Balaban J connectivity index is 1.58. The van der Waals surface area contributed by atoms with Crippen molar-refractivity contribution >= 4 is 17.6 Å². The molecule has 0 amide bonds. The number of likely N-dealkylation sites (tertiary alicyclic amines) is 1. The number of rotatable bonds is 11. The van der Waals surface area contributed by atoms with E-state index in [0.29, 0.717) is 53.6 Å². The second-order valence-corrected chi connectivity index (χ2v) is 13.5. The van der Waals surface area contributed by atoms with Crippen LogP contribution in [0.15, 0.2) is 30.3 Å². The summed E-state index contributed by atoms with van der Waals surface area (Å²) in [5, 5.41) is 11.2. The molecular formula is C34H47ClF4N4O2. The Morgan fingerprint density at radius 2 is 1.62 bits per heavy atom. The minimum Gasteiger partial charge on any atom is -0.480 e. The average molecular weight is 655 g/mol. The number of carbonyl (C=O) groups is 1. The molecule has 0 aliphatic carbocycles. The number of aliphatic carboxylic acids is 1. The van der Waals surface area contributed by atoms with E-state index in [0.717, 1.165) is 37.3 Å². The number of carboxylic acid groups (broad SMARTS) is 1. The Bertz CT molecular complexity index is 1310. The van der Waals surface area contributed by atoms with Crippen LogP contribution in [0.25, 0.3) is 0 Å². The van der Waals surface area contributed by atoms with Crippen molar-refractivity contribution < 1.29 is 27.5 Å². The first-order valence-corrected chi connectivity index (χ1v) is 16.3. The van der Waals surface area contributed by atoms with Crippen molar-refractivity contribution in [3.63, 3.8) is 0 Å². The highest BCUT2D eigenvalue weighted by Crippen LogP contribution is 2.39. The SMILES string of the molecule is Cc1ccc(Cl)cc1[C@H](CCN(C)C(C(=O)O)c1ccc(F)c(C)c1C1CCN(CC(F)(F)F)CC1)N1CCN(C(C)C)CC1. The monoisotopic (exact) mass is 654 g/mol. The molecule has 2 atom stereocenters. The molecule has 0 aromatic heterocycles. The fourth-order valence-electron chi connectivity index (χ4n) is 7.22. The quantitative estimate of drug-likeness (QED) is 0.262. The Morgan fingerprint density at radius 1 is 1.00 bits per heavy atom. The molecule has 0 saturated carbocycles. The standard InChI is InChI=1S/C34H47ClF4N4O2/c1-22(2)42-16-18-43(19-17-42)30(28-20-26(35)7-6-23(28)3)12-13-40(5)32(33(44)45)27-8-9-29(36)24(4)31(27)25-10-14-41(15-11-25)21-34(37,38)39/h6-9,20,22,25,30,32H,10-19,21H2,1-5H3,(H,44,45)/t30-,32?/m0/s1. The third-order valence-corrected chi connectivity index (χ3v) is 9.96. The number of carboxylic acids is 1. The molecule has 1 N–H and O–H groups in total.